The Morgan fingerprint density at radius 3 is 3.19 bits per heavy atom. The summed E-state index contributed by atoms with van der Waals surface area (Å²) < 4.78 is 0. The second-order valence-electron chi connectivity index (χ2n) is 3.36. The zero-order valence-electron chi connectivity index (χ0n) is 8.82. The monoisotopic (exact) mass is 216 g/mol. The molecule has 0 aliphatic heterocycles. The number of nitrogens with one attached hydrogen (secondary N) is 2. The van der Waals surface area contributed by atoms with Gasteiger partial charge >= 0.3 is 0 Å². The molecule has 2 heterocycles. The zero-order chi connectivity index (χ0) is 11.5. The predicted molar refractivity (Wildman–Crippen MR) is 63.6 cm³/mol. The molecule has 0 spiro atoms. The first-order valence-corrected chi connectivity index (χ1v) is 4.83. The zero-order valence-corrected chi connectivity index (χ0v) is 8.82. The number of H-pyrrole nitrogens is 1. The Balaban J connectivity index is 2.41. The highest BCUT2D eigenvalue weighted by atomic mass is 16.1. The molecule has 0 bridgehead atoms. The molecule has 5 heteroatoms. The van der Waals surface area contributed by atoms with Crippen LogP contribution in [0.5, 0.6) is 0 Å². The molecule has 2 aromatic rings. The standard InChI is InChI=1S/C11H12N4O/c1-13-10(16)3-2-7-5-14-11-9(7)4-8(12)6-15-11/h2-6H,12H2,1H3,(H,13,16)(H,14,15)/b3-2+. The number of nitrogens with zero attached hydrogens (tertiary/aromatic N) is 1. The van der Waals surface area contributed by atoms with Crippen LogP contribution in [0.25, 0.3) is 17.1 Å². The molecule has 0 saturated carbocycles. The summed E-state index contributed by atoms with van der Waals surface area (Å²) in [6, 6.07) is 1.82. The minimum atomic E-state index is -0.147. The van der Waals surface area contributed by atoms with E-state index in [1.807, 2.05) is 6.07 Å². The van der Waals surface area contributed by atoms with Gasteiger partial charge < -0.3 is 16.0 Å². The summed E-state index contributed by atoms with van der Waals surface area (Å²) in [5.74, 6) is -0.147. The molecule has 4 N–H and O–H groups in total. The maximum Gasteiger partial charge on any atom is 0.243 e. The lowest BCUT2D eigenvalue weighted by Crippen LogP contribution is -2.13. The fraction of sp³-hybridized carbons (Fsp3) is 0.0909. The molecule has 0 unspecified atom stereocenters. The first kappa shape index (κ1) is 10.2. The molecule has 16 heavy (non-hydrogen) atoms. The van der Waals surface area contributed by atoms with Crippen LogP contribution in [0, 0.1) is 0 Å². The molecule has 0 fully saturated rings. The Morgan fingerprint density at radius 1 is 1.62 bits per heavy atom. The summed E-state index contributed by atoms with van der Waals surface area (Å²) in [5.41, 5.74) is 7.90. The van der Waals surface area contributed by atoms with Gasteiger partial charge in [0.2, 0.25) is 5.91 Å². The molecule has 5 nitrogen and oxygen atoms in total. The number of amides is 1. The van der Waals surface area contributed by atoms with Crippen molar-refractivity contribution < 1.29 is 4.79 Å². The van der Waals surface area contributed by atoms with Crippen molar-refractivity contribution in [2.75, 3.05) is 12.8 Å². The number of rotatable bonds is 2. The highest BCUT2D eigenvalue weighted by molar-refractivity contribution is 5.95. The lowest BCUT2D eigenvalue weighted by molar-refractivity contribution is -0.115. The lowest BCUT2D eigenvalue weighted by Gasteiger charge is -1.94. The van der Waals surface area contributed by atoms with Crippen molar-refractivity contribution in [3.63, 3.8) is 0 Å². The van der Waals surface area contributed by atoms with E-state index in [9.17, 15) is 4.79 Å². The normalized spacial score (nSPS) is 11.1. The molecule has 0 aliphatic rings. The quantitative estimate of drug-likeness (QED) is 0.652. The van der Waals surface area contributed by atoms with Crippen LogP contribution < -0.4 is 11.1 Å². The Morgan fingerprint density at radius 2 is 2.44 bits per heavy atom. The van der Waals surface area contributed by atoms with Crippen LogP contribution in [0.4, 0.5) is 5.69 Å². The Labute approximate surface area is 92.4 Å². The van der Waals surface area contributed by atoms with Crippen LogP contribution in [0.2, 0.25) is 0 Å². The van der Waals surface area contributed by atoms with Crippen LogP contribution in [-0.4, -0.2) is 22.9 Å². The van der Waals surface area contributed by atoms with E-state index in [-0.39, 0.29) is 5.91 Å². The van der Waals surface area contributed by atoms with Crippen molar-refractivity contribution in [1.82, 2.24) is 15.3 Å². The molecule has 0 atom stereocenters. The molecular weight excluding hydrogens is 204 g/mol. The number of nitrogens with two attached hydrogens (primary N) is 1. The first-order chi connectivity index (χ1) is 7.70. The molecule has 2 aromatic heterocycles. The number of hydrogen-bond donors (Lipinski definition) is 3. The van der Waals surface area contributed by atoms with Gasteiger partial charge in [0.1, 0.15) is 5.65 Å². The third kappa shape index (κ3) is 1.88. The van der Waals surface area contributed by atoms with E-state index < -0.39 is 0 Å². The van der Waals surface area contributed by atoms with Crippen molar-refractivity contribution in [2.24, 2.45) is 0 Å². The molecule has 0 aliphatic carbocycles. The SMILES string of the molecule is CNC(=O)/C=C/c1c[nH]c2ncc(N)cc12. The van der Waals surface area contributed by atoms with Gasteiger partial charge in [-0.25, -0.2) is 4.98 Å². The fourth-order valence-electron chi connectivity index (χ4n) is 1.43. The number of fused-ring (bicyclic) bond motifs is 1. The molecule has 0 saturated heterocycles. The summed E-state index contributed by atoms with van der Waals surface area (Å²) in [5, 5.41) is 3.41. The van der Waals surface area contributed by atoms with Crippen molar-refractivity contribution in [3.8, 4) is 0 Å². The van der Waals surface area contributed by atoms with E-state index in [0.717, 1.165) is 16.6 Å². The highest BCUT2D eigenvalue weighted by Gasteiger charge is 2.02. The fourth-order valence-corrected chi connectivity index (χ4v) is 1.43. The van der Waals surface area contributed by atoms with Gasteiger partial charge in [-0.05, 0) is 12.1 Å². The second kappa shape index (κ2) is 4.06. The number of pyridine rings is 1. The topological polar surface area (TPSA) is 83.8 Å². The number of likely N-dealkylation sites (N-methyl/N-ethyl adjacent to an activating group) is 1. The van der Waals surface area contributed by atoms with Crippen molar-refractivity contribution in [3.05, 3.63) is 30.1 Å². The maximum atomic E-state index is 11.1. The van der Waals surface area contributed by atoms with Crippen molar-refractivity contribution in [2.45, 2.75) is 0 Å². The van der Waals surface area contributed by atoms with Crippen LogP contribution in [-0.2, 0) is 4.79 Å². The van der Waals surface area contributed by atoms with E-state index in [1.165, 1.54) is 6.08 Å². The number of aromatic amines is 1. The summed E-state index contributed by atoms with van der Waals surface area (Å²) in [6.07, 6.45) is 6.56. The van der Waals surface area contributed by atoms with Gasteiger partial charge in [-0.1, -0.05) is 0 Å². The molecular formula is C11H12N4O. The minimum absolute atomic E-state index is 0.147. The molecule has 82 valence electrons. The number of nitrogen functional groups attached to an aromatic ring is 1. The van der Waals surface area contributed by atoms with Gasteiger partial charge in [0.15, 0.2) is 0 Å². The minimum Gasteiger partial charge on any atom is -0.397 e. The number of aromatic nitrogens is 2. The highest BCUT2D eigenvalue weighted by Crippen LogP contribution is 2.19. The van der Waals surface area contributed by atoms with Gasteiger partial charge in [0, 0.05) is 30.3 Å². The lowest BCUT2D eigenvalue weighted by atomic mass is 10.2. The van der Waals surface area contributed by atoms with Gasteiger partial charge in [-0.3, -0.25) is 4.79 Å². The van der Waals surface area contributed by atoms with E-state index in [1.54, 1.807) is 25.5 Å². The summed E-state index contributed by atoms with van der Waals surface area (Å²) >= 11 is 0. The number of anilines is 1. The van der Waals surface area contributed by atoms with Gasteiger partial charge in [0.05, 0.1) is 11.9 Å². The molecule has 0 aromatic carbocycles. The average molecular weight is 216 g/mol. The third-order valence-corrected chi connectivity index (χ3v) is 2.24. The predicted octanol–water partition coefficient (Wildman–Crippen LogP) is 0.904. The average Bonchev–Trinajstić information content (AvgIpc) is 2.68. The third-order valence-electron chi connectivity index (χ3n) is 2.24. The van der Waals surface area contributed by atoms with Crippen molar-refractivity contribution in [1.29, 1.82) is 0 Å². The Hall–Kier alpha value is -2.30. The van der Waals surface area contributed by atoms with Crippen LogP contribution in [0.1, 0.15) is 5.56 Å². The maximum absolute atomic E-state index is 11.1. The van der Waals surface area contributed by atoms with Crippen LogP contribution in [0.15, 0.2) is 24.5 Å². The van der Waals surface area contributed by atoms with E-state index >= 15 is 0 Å². The summed E-state index contributed by atoms with van der Waals surface area (Å²) in [4.78, 5) is 18.2. The molecule has 2 rings (SSSR count). The second-order valence-corrected chi connectivity index (χ2v) is 3.36. The van der Waals surface area contributed by atoms with E-state index in [4.69, 9.17) is 5.73 Å². The summed E-state index contributed by atoms with van der Waals surface area (Å²) in [6.45, 7) is 0. The van der Waals surface area contributed by atoms with E-state index in [2.05, 4.69) is 15.3 Å². The number of carbonyl (C=O) groups excluding carboxylic acids is 1. The van der Waals surface area contributed by atoms with Crippen LogP contribution in [0.3, 0.4) is 0 Å². The van der Waals surface area contributed by atoms with E-state index in [0.29, 0.717) is 5.69 Å². The van der Waals surface area contributed by atoms with Crippen LogP contribution >= 0.6 is 0 Å². The number of hydrogen-bond acceptors (Lipinski definition) is 3. The van der Waals surface area contributed by atoms with Gasteiger partial charge in [-0.15, -0.1) is 0 Å². The largest absolute Gasteiger partial charge is 0.397 e. The Kier molecular flexibility index (Phi) is 2.59. The Bertz CT molecular complexity index is 556. The molecule has 1 amide bonds. The van der Waals surface area contributed by atoms with Gasteiger partial charge in [-0.2, -0.15) is 0 Å². The smallest absolute Gasteiger partial charge is 0.243 e. The first-order valence-electron chi connectivity index (χ1n) is 4.83. The summed E-state index contributed by atoms with van der Waals surface area (Å²) in [7, 11) is 1.58. The van der Waals surface area contributed by atoms with Gasteiger partial charge in [0.25, 0.3) is 0 Å². The number of carbonyl (C=O) groups is 1. The molecule has 0 radical (unpaired) electrons. The van der Waals surface area contributed by atoms with Crippen molar-refractivity contribution >= 4 is 28.7 Å².